The molecule has 0 bridgehead atoms. The fourth-order valence-electron chi connectivity index (χ4n) is 7.46. The summed E-state index contributed by atoms with van der Waals surface area (Å²) in [6, 6.07) is 23.6. The van der Waals surface area contributed by atoms with E-state index in [1.54, 1.807) is 0 Å². The first-order valence-electron chi connectivity index (χ1n) is 23.2. The number of aromatic carboxylic acids is 2. The van der Waals surface area contributed by atoms with Crippen LogP contribution in [-0.2, 0) is 46.1 Å². The topological polar surface area (TPSA) is 186 Å². The first kappa shape index (κ1) is 57.0. The summed E-state index contributed by atoms with van der Waals surface area (Å²) in [6.07, 6.45) is 19.1. The minimum atomic E-state index is -1.45. The second kappa shape index (κ2) is 32.6. The molecule has 0 aliphatic rings. The Morgan fingerprint density at radius 3 is 1.14 bits per heavy atom. The van der Waals surface area contributed by atoms with Gasteiger partial charge in [-0.2, -0.15) is 0 Å². The van der Waals surface area contributed by atoms with E-state index >= 15 is 0 Å². The molecule has 4 aromatic carbocycles. The average Bonchev–Trinajstić information content (AvgIpc) is 3.26. The Bertz CT molecular complexity index is 1950. The van der Waals surface area contributed by atoms with Crippen molar-refractivity contribution in [1.82, 2.24) is 0 Å². The third kappa shape index (κ3) is 19.4. The van der Waals surface area contributed by atoms with Gasteiger partial charge in [-0.1, -0.05) is 149 Å². The molecule has 10 nitrogen and oxygen atoms in total. The molecule has 0 atom stereocenters. The number of carboxylic acids is 2. The van der Waals surface area contributed by atoms with Crippen LogP contribution in [0.1, 0.15) is 181 Å². The molecule has 0 aromatic heterocycles. The molecule has 0 spiro atoms. The molecule has 4 aromatic rings. The molecule has 4 N–H and O–H groups in total. The number of aryl methyl sites for hydroxylation is 2. The molecule has 0 amide bonds. The fraction of sp³-hybridized carbons (Fsp3) is 0.472. The number of aliphatic imine (C=N–C) groups is 2. The Morgan fingerprint density at radius 1 is 0.469 bits per heavy atom. The SMILES string of the molecule is CCCCCCCCC(=Nc1ccccc1)C(CCCCC)=Nc1ccccc1.CCCc1cc(O)c(O)c(C(=O)[O-])c1CCC.CCCc1cc(O)c(O)c(C(=O)[O-])c1CCC.[Pd+2]. The first-order chi connectivity index (χ1) is 30.4. The van der Waals surface area contributed by atoms with Crippen LogP contribution < -0.4 is 10.2 Å². The van der Waals surface area contributed by atoms with E-state index in [4.69, 9.17) is 9.98 Å². The summed E-state index contributed by atoms with van der Waals surface area (Å²) in [5.41, 5.74) is 6.55. The molecule has 0 heterocycles. The van der Waals surface area contributed by atoms with E-state index < -0.39 is 34.9 Å². The molecule has 11 heteroatoms. The summed E-state index contributed by atoms with van der Waals surface area (Å²) >= 11 is 0. The van der Waals surface area contributed by atoms with Gasteiger partial charge >= 0.3 is 20.4 Å². The van der Waals surface area contributed by atoms with Gasteiger partial charge in [-0.05, 0) is 110 Å². The van der Waals surface area contributed by atoms with Crippen molar-refractivity contribution in [3.05, 3.63) is 106 Å². The van der Waals surface area contributed by atoms with Crippen molar-refractivity contribution in [2.45, 2.75) is 164 Å². The Kier molecular flexibility index (Phi) is 29.1. The maximum absolute atomic E-state index is 11.0. The van der Waals surface area contributed by atoms with Gasteiger partial charge in [0.25, 0.3) is 0 Å². The van der Waals surface area contributed by atoms with Crippen LogP contribution >= 0.6 is 0 Å². The number of phenolic OH excluding ortho intramolecular Hbond substituents is 2. The number of unbranched alkanes of at least 4 members (excludes halogenated alkanes) is 7. The number of aromatic hydroxyl groups is 4. The summed E-state index contributed by atoms with van der Waals surface area (Å²) in [4.78, 5) is 32.2. The summed E-state index contributed by atoms with van der Waals surface area (Å²) in [7, 11) is 0. The third-order valence-corrected chi connectivity index (χ3v) is 10.6. The number of nitrogens with zero attached hydrogens (tertiary/aromatic N) is 2. The van der Waals surface area contributed by atoms with Gasteiger partial charge in [0, 0.05) is 11.1 Å². The fourth-order valence-corrected chi connectivity index (χ4v) is 7.46. The van der Waals surface area contributed by atoms with E-state index in [0.29, 0.717) is 36.8 Å². The third-order valence-electron chi connectivity index (χ3n) is 10.6. The number of phenols is 4. The van der Waals surface area contributed by atoms with Gasteiger partial charge in [0.2, 0.25) is 0 Å². The summed E-state index contributed by atoms with van der Waals surface area (Å²) in [5.74, 6) is -4.86. The van der Waals surface area contributed by atoms with E-state index in [0.717, 1.165) is 61.0 Å². The maximum Gasteiger partial charge on any atom is 2.00 e. The standard InChI is InChI=1S/C27H38N2.2C13H18O4.Pd/c1-3-5-7-8-9-17-23-27(29-25-20-15-11-16-21-25)26(22-12-6-4-2)28-24-18-13-10-14-19-24;2*1-3-5-8-7-10(14)12(15)11(13(16)17)9(8)6-4-2;/h10-11,13-16,18-21H,3-9,12,17,22-23H2,1-2H3;2*7,14-15H,3-6H2,1-2H3,(H,16,17);/q;;;+2/p-2. The number of carboxylic acid groups (broad SMARTS) is 2. The Balaban J connectivity index is 0.000000506. The predicted octanol–water partition coefficient (Wildman–Crippen LogP) is 11.6. The zero-order chi connectivity index (χ0) is 46.6. The number of carbonyl (C=O) groups excluding carboxylic acids is 2. The van der Waals surface area contributed by atoms with Crippen molar-refractivity contribution < 1.29 is 60.7 Å². The van der Waals surface area contributed by atoms with Crippen LogP contribution in [0, 0.1) is 0 Å². The van der Waals surface area contributed by atoms with Crippen LogP contribution in [0.2, 0.25) is 0 Å². The number of benzene rings is 4. The quantitative estimate of drug-likeness (QED) is 0.0231. The molecule has 4 rings (SSSR count). The average molecular weight is 972 g/mol. The van der Waals surface area contributed by atoms with E-state index in [9.17, 15) is 40.2 Å². The van der Waals surface area contributed by atoms with Gasteiger partial charge in [-0.25, -0.2) is 0 Å². The van der Waals surface area contributed by atoms with Gasteiger partial charge < -0.3 is 40.2 Å². The Morgan fingerprint density at radius 2 is 0.797 bits per heavy atom. The molecule has 64 heavy (non-hydrogen) atoms. The zero-order valence-corrected chi connectivity index (χ0v) is 40.6. The molecular formula is C53H72N2O8Pd. The van der Waals surface area contributed by atoms with E-state index in [1.165, 1.54) is 81.3 Å². The van der Waals surface area contributed by atoms with Crippen LogP contribution in [0.25, 0.3) is 0 Å². The summed E-state index contributed by atoms with van der Waals surface area (Å²) in [6.45, 7) is 12.3. The van der Waals surface area contributed by atoms with Crippen molar-refractivity contribution >= 4 is 34.7 Å². The van der Waals surface area contributed by atoms with Crippen LogP contribution in [0.4, 0.5) is 11.4 Å². The smallest absolute Gasteiger partial charge is 0.545 e. The van der Waals surface area contributed by atoms with Crippen molar-refractivity contribution in [3.8, 4) is 23.0 Å². The number of hydrogen-bond donors (Lipinski definition) is 4. The molecular weight excluding hydrogens is 899 g/mol. The molecule has 0 aliphatic carbocycles. The van der Waals surface area contributed by atoms with Crippen molar-refractivity contribution in [1.29, 1.82) is 0 Å². The minimum absolute atomic E-state index is 0. The molecule has 0 aliphatic heterocycles. The van der Waals surface area contributed by atoms with E-state index in [-0.39, 0.29) is 31.5 Å². The van der Waals surface area contributed by atoms with E-state index in [1.807, 2.05) is 39.8 Å². The molecule has 0 fully saturated rings. The molecule has 352 valence electrons. The maximum atomic E-state index is 11.0. The van der Waals surface area contributed by atoms with E-state index in [2.05, 4.69) is 62.4 Å². The van der Waals surface area contributed by atoms with Crippen LogP contribution in [-0.4, -0.2) is 43.8 Å². The van der Waals surface area contributed by atoms with Gasteiger partial charge in [0.1, 0.15) is 0 Å². The molecule has 0 saturated carbocycles. The van der Waals surface area contributed by atoms with Gasteiger partial charge in [-0.3, -0.25) is 9.98 Å². The van der Waals surface area contributed by atoms with Crippen molar-refractivity contribution in [2.75, 3.05) is 0 Å². The van der Waals surface area contributed by atoms with Crippen LogP contribution in [0.3, 0.4) is 0 Å². The van der Waals surface area contributed by atoms with Crippen LogP contribution in [0.15, 0.2) is 82.8 Å². The molecule has 0 saturated heterocycles. The number of carbonyl (C=O) groups is 2. The van der Waals surface area contributed by atoms with Gasteiger partial charge in [-0.15, -0.1) is 0 Å². The zero-order valence-electron chi connectivity index (χ0n) is 39.0. The second-order valence-corrected chi connectivity index (χ2v) is 15.9. The first-order valence-corrected chi connectivity index (χ1v) is 23.2. The summed E-state index contributed by atoms with van der Waals surface area (Å²) < 4.78 is 0. The van der Waals surface area contributed by atoms with Crippen molar-refractivity contribution in [3.63, 3.8) is 0 Å². The molecule has 0 radical (unpaired) electrons. The van der Waals surface area contributed by atoms with Gasteiger partial charge in [0.15, 0.2) is 23.0 Å². The van der Waals surface area contributed by atoms with Gasteiger partial charge in [0.05, 0.1) is 34.7 Å². The normalized spacial score (nSPS) is 11.2. The number of rotatable bonds is 24. The Labute approximate surface area is 396 Å². The number of para-hydroxylation sites is 2. The minimum Gasteiger partial charge on any atom is -0.545 e. The monoisotopic (exact) mass is 970 g/mol. The molecule has 0 unspecified atom stereocenters. The Hall–Kier alpha value is -4.98. The largest absolute Gasteiger partial charge is 2.00 e. The van der Waals surface area contributed by atoms with Crippen molar-refractivity contribution in [2.24, 2.45) is 9.98 Å². The second-order valence-electron chi connectivity index (χ2n) is 15.9. The number of hydrogen-bond acceptors (Lipinski definition) is 10. The predicted molar refractivity (Wildman–Crippen MR) is 253 cm³/mol. The summed E-state index contributed by atoms with van der Waals surface area (Å²) in [5, 5.41) is 60.3. The van der Waals surface area contributed by atoms with Crippen LogP contribution in [0.5, 0.6) is 23.0 Å².